The van der Waals surface area contributed by atoms with E-state index in [1.807, 2.05) is 7.05 Å². The van der Waals surface area contributed by atoms with Crippen molar-refractivity contribution in [3.8, 4) is 0 Å². The molecule has 0 aromatic carbocycles. The first-order chi connectivity index (χ1) is 8.16. The van der Waals surface area contributed by atoms with Gasteiger partial charge in [-0.25, -0.2) is 4.98 Å². The molecule has 92 valence electrons. The summed E-state index contributed by atoms with van der Waals surface area (Å²) in [5.74, 6) is 0.126. The zero-order chi connectivity index (χ0) is 12.3. The van der Waals surface area contributed by atoms with Crippen molar-refractivity contribution in [2.45, 2.75) is 6.10 Å². The van der Waals surface area contributed by atoms with E-state index in [2.05, 4.69) is 15.2 Å². The molecule has 1 unspecified atom stereocenters. The third-order valence-electron chi connectivity index (χ3n) is 2.66. The highest BCUT2D eigenvalue weighted by Gasteiger charge is 2.25. The van der Waals surface area contributed by atoms with Crippen molar-refractivity contribution in [1.29, 1.82) is 0 Å². The van der Waals surface area contributed by atoms with Crippen molar-refractivity contribution < 1.29 is 9.53 Å². The molecule has 0 saturated carbocycles. The lowest BCUT2D eigenvalue weighted by atomic mass is 10.2. The smallest absolute Gasteiger partial charge is 0.254 e. The molecule has 1 aliphatic rings. The van der Waals surface area contributed by atoms with Crippen LogP contribution in [0.25, 0.3) is 0 Å². The molecule has 6 nitrogen and oxygen atoms in total. The van der Waals surface area contributed by atoms with Crippen molar-refractivity contribution in [2.24, 2.45) is 0 Å². The Morgan fingerprint density at radius 3 is 3.24 bits per heavy atom. The van der Waals surface area contributed by atoms with Gasteiger partial charge in [-0.1, -0.05) is 0 Å². The van der Waals surface area contributed by atoms with Gasteiger partial charge in [-0.05, 0) is 19.2 Å². The summed E-state index contributed by atoms with van der Waals surface area (Å²) in [5, 5.41) is 2.72. The first-order valence-electron chi connectivity index (χ1n) is 5.48. The third-order valence-corrected chi connectivity index (χ3v) is 2.66. The van der Waals surface area contributed by atoms with Crippen LogP contribution in [-0.2, 0) is 9.53 Å². The van der Waals surface area contributed by atoms with Crippen molar-refractivity contribution >= 4 is 17.4 Å². The minimum atomic E-state index is -0.451. The summed E-state index contributed by atoms with van der Waals surface area (Å²) in [4.78, 5) is 17.9. The molecule has 3 N–H and O–H groups in total. The van der Waals surface area contributed by atoms with Crippen LogP contribution >= 0.6 is 0 Å². The molecule has 2 heterocycles. The maximum atomic E-state index is 11.9. The lowest BCUT2D eigenvalue weighted by Crippen LogP contribution is -2.46. The Kier molecular flexibility index (Phi) is 3.55. The predicted molar refractivity (Wildman–Crippen MR) is 64.5 cm³/mol. The van der Waals surface area contributed by atoms with Crippen molar-refractivity contribution in [2.75, 3.05) is 37.8 Å². The number of amides is 1. The molecule has 1 aromatic rings. The second-order valence-electron chi connectivity index (χ2n) is 4.05. The maximum absolute atomic E-state index is 11.9. The second kappa shape index (κ2) is 5.11. The monoisotopic (exact) mass is 236 g/mol. The highest BCUT2D eigenvalue weighted by atomic mass is 16.5. The summed E-state index contributed by atoms with van der Waals surface area (Å²) in [6.45, 7) is 2.00. The first-order valence-corrected chi connectivity index (χ1v) is 5.48. The standard InChI is InChI=1S/C11H16N4O2/c1-15-5-6-17-9(7-15)11(16)14-8-3-2-4-13-10(8)12/h2-4,9H,5-7H2,1H3,(H2,12,13)(H,14,16). The first kappa shape index (κ1) is 11.8. The maximum Gasteiger partial charge on any atom is 0.254 e. The van der Waals surface area contributed by atoms with Crippen LogP contribution < -0.4 is 11.1 Å². The van der Waals surface area contributed by atoms with E-state index in [1.54, 1.807) is 18.3 Å². The summed E-state index contributed by atoms with van der Waals surface area (Å²) in [6, 6.07) is 3.44. The van der Waals surface area contributed by atoms with Gasteiger partial charge in [0.25, 0.3) is 5.91 Å². The molecule has 17 heavy (non-hydrogen) atoms. The van der Waals surface area contributed by atoms with Crippen LogP contribution in [0.4, 0.5) is 11.5 Å². The van der Waals surface area contributed by atoms with Crippen molar-refractivity contribution in [1.82, 2.24) is 9.88 Å². The number of carbonyl (C=O) groups is 1. The Morgan fingerprint density at radius 1 is 1.71 bits per heavy atom. The molecule has 0 spiro atoms. The number of aromatic nitrogens is 1. The summed E-state index contributed by atoms with van der Waals surface area (Å²) in [5.41, 5.74) is 6.17. The molecule has 6 heteroatoms. The lowest BCUT2D eigenvalue weighted by Gasteiger charge is -2.29. The van der Waals surface area contributed by atoms with E-state index < -0.39 is 6.10 Å². The van der Waals surface area contributed by atoms with Crippen LogP contribution in [-0.4, -0.2) is 48.6 Å². The lowest BCUT2D eigenvalue weighted by molar-refractivity contribution is -0.132. The fourth-order valence-corrected chi connectivity index (χ4v) is 1.67. The highest BCUT2D eigenvalue weighted by Crippen LogP contribution is 2.15. The number of morpholine rings is 1. The number of nitrogen functional groups attached to an aromatic ring is 1. The molecule has 1 aliphatic heterocycles. The van der Waals surface area contributed by atoms with Gasteiger partial charge < -0.3 is 20.7 Å². The van der Waals surface area contributed by atoms with Gasteiger partial charge in [-0.15, -0.1) is 0 Å². The third kappa shape index (κ3) is 2.92. The Balaban J connectivity index is 1.99. The van der Waals surface area contributed by atoms with E-state index in [-0.39, 0.29) is 5.91 Å². The molecule has 1 atom stereocenters. The molecule has 1 aromatic heterocycles. The van der Waals surface area contributed by atoms with Gasteiger partial charge >= 0.3 is 0 Å². The topological polar surface area (TPSA) is 80.5 Å². The van der Waals surface area contributed by atoms with E-state index in [0.717, 1.165) is 6.54 Å². The fraction of sp³-hybridized carbons (Fsp3) is 0.455. The number of carbonyl (C=O) groups excluding carboxylic acids is 1. The minimum absolute atomic E-state index is 0.184. The van der Waals surface area contributed by atoms with E-state index in [1.165, 1.54) is 0 Å². The average molecular weight is 236 g/mol. The second-order valence-corrected chi connectivity index (χ2v) is 4.05. The molecule has 1 fully saturated rings. The van der Waals surface area contributed by atoms with Crippen molar-refractivity contribution in [3.63, 3.8) is 0 Å². The van der Waals surface area contributed by atoms with Gasteiger partial charge in [0.1, 0.15) is 11.9 Å². The highest BCUT2D eigenvalue weighted by molar-refractivity contribution is 5.96. The van der Waals surface area contributed by atoms with Crippen LogP contribution in [0.1, 0.15) is 0 Å². The molecule has 0 aliphatic carbocycles. The zero-order valence-electron chi connectivity index (χ0n) is 9.72. The number of ether oxygens (including phenoxy) is 1. The van der Waals surface area contributed by atoms with Crippen LogP contribution in [0.15, 0.2) is 18.3 Å². The number of hydrogen-bond donors (Lipinski definition) is 2. The zero-order valence-corrected chi connectivity index (χ0v) is 9.72. The molecule has 1 amide bonds. The van der Waals surface area contributed by atoms with Crippen molar-refractivity contribution in [3.05, 3.63) is 18.3 Å². The number of pyridine rings is 1. The van der Waals surface area contributed by atoms with Crippen LogP contribution in [0.5, 0.6) is 0 Å². The number of nitrogens with zero attached hydrogens (tertiary/aromatic N) is 2. The summed E-state index contributed by atoms with van der Waals surface area (Å²) in [6.07, 6.45) is 1.13. The number of anilines is 2. The van der Waals surface area contributed by atoms with E-state index in [4.69, 9.17) is 10.5 Å². The summed E-state index contributed by atoms with van der Waals surface area (Å²) in [7, 11) is 1.96. The molecular weight excluding hydrogens is 220 g/mol. The normalized spacial score (nSPS) is 21.1. The van der Waals surface area contributed by atoms with Gasteiger partial charge in [0, 0.05) is 19.3 Å². The van der Waals surface area contributed by atoms with Gasteiger partial charge in [0.15, 0.2) is 0 Å². The van der Waals surface area contributed by atoms with Gasteiger partial charge in [0.2, 0.25) is 0 Å². The Labute approximate surface area is 99.8 Å². The quantitative estimate of drug-likeness (QED) is 0.751. The molecule has 0 radical (unpaired) electrons. The number of hydrogen-bond acceptors (Lipinski definition) is 5. The Bertz CT molecular complexity index is 410. The SMILES string of the molecule is CN1CCOC(C(=O)Nc2cccnc2N)C1. The largest absolute Gasteiger partial charge is 0.382 e. The number of nitrogens with two attached hydrogens (primary N) is 1. The number of nitrogens with one attached hydrogen (secondary N) is 1. The van der Waals surface area contributed by atoms with E-state index >= 15 is 0 Å². The predicted octanol–water partition coefficient (Wildman–Crippen LogP) is -0.0671. The molecule has 1 saturated heterocycles. The summed E-state index contributed by atoms with van der Waals surface area (Å²) >= 11 is 0. The van der Waals surface area contributed by atoms with Crippen LogP contribution in [0, 0.1) is 0 Å². The number of likely N-dealkylation sites (N-methyl/N-ethyl adjacent to an activating group) is 1. The average Bonchev–Trinajstić information content (AvgIpc) is 2.32. The molecule has 2 rings (SSSR count). The summed E-state index contributed by atoms with van der Waals surface area (Å²) < 4.78 is 5.41. The van der Waals surface area contributed by atoms with Gasteiger partial charge in [-0.3, -0.25) is 4.79 Å². The van der Waals surface area contributed by atoms with Crippen LogP contribution in [0.2, 0.25) is 0 Å². The minimum Gasteiger partial charge on any atom is -0.382 e. The molecular formula is C11H16N4O2. The van der Waals surface area contributed by atoms with E-state index in [0.29, 0.717) is 24.7 Å². The van der Waals surface area contributed by atoms with Gasteiger partial charge in [0.05, 0.1) is 12.3 Å². The molecule has 0 bridgehead atoms. The van der Waals surface area contributed by atoms with Crippen LogP contribution in [0.3, 0.4) is 0 Å². The Hall–Kier alpha value is -1.66. The number of rotatable bonds is 2. The van der Waals surface area contributed by atoms with Gasteiger partial charge in [-0.2, -0.15) is 0 Å². The Morgan fingerprint density at radius 2 is 2.53 bits per heavy atom. The fourth-order valence-electron chi connectivity index (χ4n) is 1.67. The van der Waals surface area contributed by atoms with E-state index in [9.17, 15) is 4.79 Å².